The van der Waals surface area contributed by atoms with E-state index in [2.05, 4.69) is 15.0 Å². The number of amides is 1. The molecule has 3 rings (SSSR count). The van der Waals surface area contributed by atoms with Gasteiger partial charge >= 0.3 is 6.36 Å². The van der Waals surface area contributed by atoms with E-state index in [-0.39, 0.29) is 5.69 Å². The fourth-order valence-corrected chi connectivity index (χ4v) is 2.97. The Morgan fingerprint density at radius 3 is 2.76 bits per heavy atom. The Kier molecular flexibility index (Phi) is 4.13. The Morgan fingerprint density at radius 1 is 1.28 bits per heavy atom. The van der Waals surface area contributed by atoms with Gasteiger partial charge in [0.05, 0.1) is 10.2 Å². The van der Waals surface area contributed by atoms with Gasteiger partial charge in [0.25, 0.3) is 11.5 Å². The van der Waals surface area contributed by atoms with Gasteiger partial charge in [-0.3, -0.25) is 9.59 Å². The second-order valence-electron chi connectivity index (χ2n) is 4.87. The second kappa shape index (κ2) is 6.13. The molecule has 0 aliphatic heterocycles. The van der Waals surface area contributed by atoms with Crippen molar-refractivity contribution in [3.05, 3.63) is 51.6 Å². The van der Waals surface area contributed by atoms with E-state index in [0.717, 1.165) is 23.5 Å². The predicted octanol–water partition coefficient (Wildman–Crippen LogP) is 3.45. The molecular formula is C15H9F3N2O4S. The third-order valence-corrected chi connectivity index (χ3v) is 4.07. The van der Waals surface area contributed by atoms with Crippen molar-refractivity contribution in [1.29, 1.82) is 0 Å². The molecule has 2 aromatic heterocycles. The molecule has 3 N–H and O–H groups in total. The Balaban J connectivity index is 1.91. The first-order valence-electron chi connectivity index (χ1n) is 6.74. The Bertz CT molecular complexity index is 1010. The molecule has 0 saturated heterocycles. The second-order valence-corrected chi connectivity index (χ2v) is 5.79. The lowest BCUT2D eigenvalue weighted by Gasteiger charge is -2.11. The summed E-state index contributed by atoms with van der Waals surface area (Å²) in [6, 6.07) is 6.13. The lowest BCUT2D eigenvalue weighted by Crippen LogP contribution is -2.23. The molecule has 0 aliphatic rings. The molecule has 2 heterocycles. The average molecular weight is 370 g/mol. The van der Waals surface area contributed by atoms with E-state index in [1.54, 1.807) is 11.4 Å². The van der Waals surface area contributed by atoms with Crippen molar-refractivity contribution in [1.82, 2.24) is 4.98 Å². The number of alkyl halides is 3. The number of aromatic hydroxyl groups is 1. The van der Waals surface area contributed by atoms with Crippen molar-refractivity contribution in [2.24, 2.45) is 0 Å². The van der Waals surface area contributed by atoms with Gasteiger partial charge in [-0.15, -0.1) is 24.5 Å². The van der Waals surface area contributed by atoms with Crippen molar-refractivity contribution in [3.63, 3.8) is 0 Å². The number of fused-ring (bicyclic) bond motifs is 1. The van der Waals surface area contributed by atoms with Crippen molar-refractivity contribution in [2.45, 2.75) is 6.36 Å². The summed E-state index contributed by atoms with van der Waals surface area (Å²) < 4.78 is 40.8. The van der Waals surface area contributed by atoms with Gasteiger partial charge in [0.15, 0.2) is 5.75 Å². The number of aromatic amines is 1. The maximum absolute atomic E-state index is 12.3. The number of carbonyl (C=O) groups is 1. The van der Waals surface area contributed by atoms with Gasteiger partial charge < -0.3 is 20.1 Å². The summed E-state index contributed by atoms with van der Waals surface area (Å²) >= 11 is 1.12. The van der Waals surface area contributed by atoms with Gasteiger partial charge in [0.1, 0.15) is 11.3 Å². The summed E-state index contributed by atoms with van der Waals surface area (Å²) in [4.78, 5) is 26.7. The number of benzene rings is 1. The molecule has 25 heavy (non-hydrogen) atoms. The molecule has 0 radical (unpaired) electrons. The summed E-state index contributed by atoms with van der Waals surface area (Å²) in [5, 5.41) is 14.0. The number of H-pyrrole nitrogens is 1. The third kappa shape index (κ3) is 3.58. The van der Waals surface area contributed by atoms with Gasteiger partial charge in [0, 0.05) is 11.8 Å². The number of thiophene rings is 1. The van der Waals surface area contributed by atoms with Crippen LogP contribution in [0.1, 0.15) is 10.4 Å². The quantitative estimate of drug-likeness (QED) is 0.659. The van der Waals surface area contributed by atoms with Crippen LogP contribution in [-0.2, 0) is 0 Å². The first-order chi connectivity index (χ1) is 11.7. The summed E-state index contributed by atoms with van der Waals surface area (Å²) in [6.45, 7) is 0. The van der Waals surface area contributed by atoms with Crippen molar-refractivity contribution >= 4 is 33.1 Å². The van der Waals surface area contributed by atoms with Crippen molar-refractivity contribution < 1.29 is 27.8 Å². The van der Waals surface area contributed by atoms with Crippen LogP contribution in [0.5, 0.6) is 11.5 Å². The number of hydrogen-bond donors (Lipinski definition) is 3. The molecule has 0 fully saturated rings. The average Bonchev–Trinajstić information content (AvgIpc) is 2.94. The van der Waals surface area contributed by atoms with Crippen LogP contribution in [0.4, 0.5) is 18.9 Å². The smallest absolute Gasteiger partial charge is 0.505 e. The van der Waals surface area contributed by atoms with Gasteiger partial charge in [-0.25, -0.2) is 0 Å². The van der Waals surface area contributed by atoms with Gasteiger partial charge in [-0.05, 0) is 23.6 Å². The van der Waals surface area contributed by atoms with E-state index in [1.807, 2.05) is 0 Å². The first-order valence-corrected chi connectivity index (χ1v) is 7.62. The zero-order valence-electron chi connectivity index (χ0n) is 12.2. The predicted molar refractivity (Wildman–Crippen MR) is 85.2 cm³/mol. The molecule has 0 bridgehead atoms. The largest absolute Gasteiger partial charge is 0.573 e. The monoisotopic (exact) mass is 370 g/mol. The molecule has 130 valence electrons. The number of nitrogens with one attached hydrogen (secondary N) is 2. The number of pyridine rings is 1. The Hall–Kier alpha value is -3.01. The van der Waals surface area contributed by atoms with Crippen LogP contribution < -0.4 is 15.6 Å². The maximum Gasteiger partial charge on any atom is 0.573 e. The van der Waals surface area contributed by atoms with Crippen LogP contribution in [0, 0.1) is 0 Å². The summed E-state index contributed by atoms with van der Waals surface area (Å²) in [5.74, 6) is -1.98. The topological polar surface area (TPSA) is 91.4 Å². The number of carbonyl (C=O) groups excluding carboxylic acids is 1. The van der Waals surface area contributed by atoms with Crippen LogP contribution in [0.2, 0.25) is 0 Å². The molecule has 3 aromatic rings. The third-order valence-electron chi connectivity index (χ3n) is 3.14. The normalized spacial score (nSPS) is 11.5. The van der Waals surface area contributed by atoms with Crippen LogP contribution in [0.15, 0.2) is 40.5 Å². The zero-order chi connectivity index (χ0) is 18.2. The molecule has 0 atom stereocenters. The van der Waals surface area contributed by atoms with Crippen LogP contribution >= 0.6 is 11.3 Å². The van der Waals surface area contributed by atoms with Crippen LogP contribution in [-0.4, -0.2) is 22.4 Å². The summed E-state index contributed by atoms with van der Waals surface area (Å²) in [5.41, 5.74) is -0.998. The summed E-state index contributed by atoms with van der Waals surface area (Å²) in [7, 11) is 0. The lowest BCUT2D eigenvalue weighted by atomic mass is 10.2. The minimum Gasteiger partial charge on any atom is -0.505 e. The van der Waals surface area contributed by atoms with Crippen LogP contribution in [0.3, 0.4) is 0 Å². The first kappa shape index (κ1) is 16.8. The number of anilines is 1. The Labute approximate surface area is 141 Å². The fourth-order valence-electron chi connectivity index (χ4n) is 2.17. The van der Waals surface area contributed by atoms with E-state index >= 15 is 0 Å². The molecular weight excluding hydrogens is 361 g/mol. The maximum atomic E-state index is 12.3. The highest BCUT2D eigenvalue weighted by atomic mass is 32.1. The van der Waals surface area contributed by atoms with E-state index in [0.29, 0.717) is 10.2 Å². The molecule has 6 nitrogen and oxygen atoms in total. The minimum absolute atomic E-state index is 0.0307. The lowest BCUT2D eigenvalue weighted by molar-refractivity contribution is -0.274. The highest BCUT2D eigenvalue weighted by molar-refractivity contribution is 7.17. The molecule has 0 spiro atoms. The van der Waals surface area contributed by atoms with Gasteiger partial charge in [-0.2, -0.15) is 0 Å². The van der Waals surface area contributed by atoms with E-state index in [9.17, 15) is 27.9 Å². The zero-order valence-corrected chi connectivity index (χ0v) is 13.0. The van der Waals surface area contributed by atoms with Gasteiger partial charge in [-0.1, -0.05) is 6.07 Å². The van der Waals surface area contributed by atoms with E-state index < -0.39 is 34.9 Å². The highest BCUT2D eigenvalue weighted by Crippen LogP contribution is 2.30. The molecule has 1 amide bonds. The minimum atomic E-state index is -4.87. The molecule has 0 saturated carbocycles. The molecule has 1 aromatic carbocycles. The van der Waals surface area contributed by atoms with Crippen molar-refractivity contribution in [2.75, 3.05) is 5.32 Å². The number of rotatable bonds is 3. The number of ether oxygens (including phenoxy) is 1. The van der Waals surface area contributed by atoms with Crippen LogP contribution in [0.25, 0.3) is 10.2 Å². The molecule has 0 unspecified atom stereocenters. The number of halogens is 3. The van der Waals surface area contributed by atoms with Crippen molar-refractivity contribution in [3.8, 4) is 11.5 Å². The standard InChI is InChI=1S/C15H9F3N2O4S/c16-15(17,18)24-8-3-1-2-7(6-8)19-13(22)10-11(21)12-9(4-5-25-12)20-14(10)23/h1-6H,(H,19,22)(H2,20,21,23). The summed E-state index contributed by atoms with van der Waals surface area (Å²) in [6.07, 6.45) is -4.87. The Morgan fingerprint density at radius 2 is 2.04 bits per heavy atom. The fraction of sp³-hybridized carbons (Fsp3) is 0.0667. The highest BCUT2D eigenvalue weighted by Gasteiger charge is 2.31. The van der Waals surface area contributed by atoms with E-state index in [4.69, 9.17) is 0 Å². The van der Waals surface area contributed by atoms with E-state index in [1.165, 1.54) is 12.1 Å². The molecule has 10 heteroatoms. The number of hydrogen-bond acceptors (Lipinski definition) is 5. The number of aromatic nitrogens is 1. The van der Waals surface area contributed by atoms with Gasteiger partial charge in [0.2, 0.25) is 0 Å². The SMILES string of the molecule is O=C(Nc1cccc(OC(F)(F)F)c1)c1c(O)c2sccc2[nH]c1=O. The molecule has 0 aliphatic carbocycles.